The molecule has 20 heavy (non-hydrogen) atoms. The second kappa shape index (κ2) is 5.98. The largest absolute Gasteiger partial charge is 0.322 e. The van der Waals surface area contributed by atoms with Gasteiger partial charge in [0.25, 0.3) is 11.6 Å². The van der Waals surface area contributed by atoms with Crippen molar-refractivity contribution in [2.24, 2.45) is 0 Å². The Balaban J connectivity index is 2.27. The molecule has 1 N–H and O–H groups in total. The number of hydrogen-bond donors (Lipinski definition) is 1. The number of carbonyl (C=O) groups excluding carboxylic acids is 1. The van der Waals surface area contributed by atoms with Crippen molar-refractivity contribution >= 4 is 44.8 Å². The number of nitro groups is 1. The minimum absolute atomic E-state index is 0.0663. The normalized spacial score (nSPS) is 10.1. The van der Waals surface area contributed by atoms with E-state index in [-0.39, 0.29) is 16.4 Å². The lowest BCUT2D eigenvalue weighted by Crippen LogP contribution is -2.13. The van der Waals surface area contributed by atoms with E-state index in [0.717, 1.165) is 0 Å². The predicted octanol–water partition coefficient (Wildman–Crippen LogP) is 3.66. The van der Waals surface area contributed by atoms with E-state index in [2.05, 4.69) is 26.2 Å². The SMILES string of the molecule is O=C(Nc1ccc(Br)c([N+](=O)[O-])c1)c1cccnc1Cl. The van der Waals surface area contributed by atoms with Crippen LogP contribution in [0.5, 0.6) is 0 Å². The van der Waals surface area contributed by atoms with Gasteiger partial charge in [-0.1, -0.05) is 11.6 Å². The van der Waals surface area contributed by atoms with Crippen LogP contribution in [0.25, 0.3) is 0 Å². The number of anilines is 1. The molecule has 1 aromatic carbocycles. The van der Waals surface area contributed by atoms with Crippen LogP contribution < -0.4 is 5.32 Å². The number of nitrogens with one attached hydrogen (secondary N) is 1. The fourth-order valence-electron chi connectivity index (χ4n) is 1.48. The molecule has 0 bridgehead atoms. The van der Waals surface area contributed by atoms with Gasteiger partial charge in [0.05, 0.1) is 15.0 Å². The molecule has 0 spiro atoms. The third-order valence-electron chi connectivity index (χ3n) is 2.40. The number of hydrogen-bond acceptors (Lipinski definition) is 4. The maximum atomic E-state index is 12.0. The van der Waals surface area contributed by atoms with E-state index >= 15 is 0 Å². The van der Waals surface area contributed by atoms with Crippen molar-refractivity contribution in [1.82, 2.24) is 4.98 Å². The Hall–Kier alpha value is -1.99. The van der Waals surface area contributed by atoms with Crippen LogP contribution >= 0.6 is 27.5 Å². The number of nitrogens with zero attached hydrogens (tertiary/aromatic N) is 2. The Morgan fingerprint density at radius 1 is 1.40 bits per heavy atom. The summed E-state index contributed by atoms with van der Waals surface area (Å²) in [5.41, 5.74) is 0.352. The predicted molar refractivity (Wildman–Crippen MR) is 78.0 cm³/mol. The van der Waals surface area contributed by atoms with Crippen LogP contribution in [0.4, 0.5) is 11.4 Å². The Bertz CT molecular complexity index is 693. The fraction of sp³-hybridized carbons (Fsp3) is 0. The molecule has 102 valence electrons. The molecule has 0 saturated heterocycles. The zero-order chi connectivity index (χ0) is 14.7. The monoisotopic (exact) mass is 355 g/mol. The average molecular weight is 357 g/mol. The molecule has 0 unspecified atom stereocenters. The van der Waals surface area contributed by atoms with Crippen LogP contribution in [-0.2, 0) is 0 Å². The van der Waals surface area contributed by atoms with Gasteiger partial charge in [-0.2, -0.15) is 0 Å². The van der Waals surface area contributed by atoms with Crippen LogP contribution in [0.15, 0.2) is 41.0 Å². The summed E-state index contributed by atoms with van der Waals surface area (Å²) in [4.78, 5) is 26.0. The molecule has 2 rings (SSSR count). The number of benzene rings is 1. The van der Waals surface area contributed by atoms with E-state index in [1.807, 2.05) is 0 Å². The highest BCUT2D eigenvalue weighted by atomic mass is 79.9. The van der Waals surface area contributed by atoms with Crippen LogP contribution in [0.1, 0.15) is 10.4 Å². The molecule has 0 saturated carbocycles. The Morgan fingerprint density at radius 2 is 2.15 bits per heavy atom. The topological polar surface area (TPSA) is 85.1 Å². The summed E-state index contributed by atoms with van der Waals surface area (Å²) < 4.78 is 0.333. The number of nitro benzene ring substituents is 1. The van der Waals surface area contributed by atoms with Crippen molar-refractivity contribution in [2.75, 3.05) is 5.32 Å². The maximum Gasteiger partial charge on any atom is 0.285 e. The zero-order valence-electron chi connectivity index (χ0n) is 9.84. The smallest absolute Gasteiger partial charge is 0.285 e. The average Bonchev–Trinajstić information content (AvgIpc) is 2.41. The number of amides is 1. The number of halogens is 2. The van der Waals surface area contributed by atoms with Crippen LogP contribution in [0.3, 0.4) is 0 Å². The summed E-state index contributed by atoms with van der Waals surface area (Å²) in [5, 5.41) is 13.4. The molecular weight excluding hydrogens is 350 g/mol. The molecule has 8 heteroatoms. The fourth-order valence-corrected chi connectivity index (χ4v) is 2.08. The quantitative estimate of drug-likeness (QED) is 0.516. The number of carbonyl (C=O) groups is 1. The van der Waals surface area contributed by atoms with Gasteiger partial charge >= 0.3 is 0 Å². The lowest BCUT2D eigenvalue weighted by Gasteiger charge is -2.06. The summed E-state index contributed by atoms with van der Waals surface area (Å²) >= 11 is 8.87. The zero-order valence-corrected chi connectivity index (χ0v) is 12.2. The van der Waals surface area contributed by atoms with Gasteiger partial charge in [0.15, 0.2) is 0 Å². The highest BCUT2D eigenvalue weighted by Crippen LogP contribution is 2.28. The van der Waals surface area contributed by atoms with E-state index in [0.29, 0.717) is 10.2 Å². The van der Waals surface area contributed by atoms with E-state index in [9.17, 15) is 14.9 Å². The second-order valence-electron chi connectivity index (χ2n) is 3.72. The molecule has 1 aromatic heterocycles. The van der Waals surface area contributed by atoms with Crippen molar-refractivity contribution in [3.05, 3.63) is 61.8 Å². The van der Waals surface area contributed by atoms with Crippen LogP contribution in [0.2, 0.25) is 5.15 Å². The van der Waals surface area contributed by atoms with Crippen molar-refractivity contribution in [1.29, 1.82) is 0 Å². The van der Waals surface area contributed by atoms with E-state index in [4.69, 9.17) is 11.6 Å². The van der Waals surface area contributed by atoms with Gasteiger partial charge in [-0.3, -0.25) is 14.9 Å². The number of pyridine rings is 1. The van der Waals surface area contributed by atoms with Gasteiger partial charge in [-0.05, 0) is 40.2 Å². The van der Waals surface area contributed by atoms with Gasteiger partial charge in [0, 0.05) is 18.0 Å². The van der Waals surface area contributed by atoms with E-state index in [1.165, 1.54) is 24.4 Å². The molecular formula is C12H7BrClN3O3. The molecule has 1 heterocycles. The molecule has 0 radical (unpaired) electrons. The highest BCUT2D eigenvalue weighted by molar-refractivity contribution is 9.10. The summed E-state index contributed by atoms with van der Waals surface area (Å²) in [5.74, 6) is -0.486. The first-order valence-corrected chi connectivity index (χ1v) is 6.52. The van der Waals surface area contributed by atoms with Gasteiger partial charge in [0.2, 0.25) is 0 Å². The van der Waals surface area contributed by atoms with Crippen molar-refractivity contribution < 1.29 is 9.72 Å². The lowest BCUT2D eigenvalue weighted by molar-refractivity contribution is -0.385. The molecule has 0 aliphatic carbocycles. The highest BCUT2D eigenvalue weighted by Gasteiger charge is 2.15. The van der Waals surface area contributed by atoms with E-state index < -0.39 is 10.8 Å². The summed E-state index contributed by atoms with van der Waals surface area (Å²) in [6, 6.07) is 7.37. The Morgan fingerprint density at radius 3 is 2.80 bits per heavy atom. The molecule has 0 aliphatic rings. The summed E-state index contributed by atoms with van der Waals surface area (Å²) in [6.07, 6.45) is 1.46. The first-order valence-electron chi connectivity index (χ1n) is 5.35. The molecule has 2 aromatic rings. The number of rotatable bonds is 3. The standard InChI is InChI=1S/C12H7BrClN3O3/c13-9-4-3-7(6-10(9)17(19)20)16-12(18)8-2-1-5-15-11(8)14/h1-6H,(H,16,18). The second-order valence-corrected chi connectivity index (χ2v) is 4.93. The Labute approximate surface area is 127 Å². The maximum absolute atomic E-state index is 12.0. The van der Waals surface area contributed by atoms with Crippen molar-refractivity contribution in [2.45, 2.75) is 0 Å². The van der Waals surface area contributed by atoms with E-state index in [1.54, 1.807) is 12.1 Å². The van der Waals surface area contributed by atoms with Crippen molar-refractivity contribution in [3.8, 4) is 0 Å². The van der Waals surface area contributed by atoms with Crippen LogP contribution in [0, 0.1) is 10.1 Å². The minimum Gasteiger partial charge on any atom is -0.322 e. The molecule has 0 fully saturated rings. The third-order valence-corrected chi connectivity index (χ3v) is 3.38. The Kier molecular flexibility index (Phi) is 4.31. The molecule has 1 amide bonds. The summed E-state index contributed by atoms with van der Waals surface area (Å²) in [7, 11) is 0. The molecule has 0 aliphatic heterocycles. The number of aromatic nitrogens is 1. The minimum atomic E-state index is -0.545. The lowest BCUT2D eigenvalue weighted by atomic mass is 10.2. The van der Waals surface area contributed by atoms with Gasteiger partial charge in [-0.15, -0.1) is 0 Å². The van der Waals surface area contributed by atoms with Crippen molar-refractivity contribution in [3.63, 3.8) is 0 Å². The van der Waals surface area contributed by atoms with Crippen LogP contribution in [-0.4, -0.2) is 15.8 Å². The van der Waals surface area contributed by atoms with Gasteiger partial charge in [0.1, 0.15) is 5.15 Å². The van der Waals surface area contributed by atoms with Gasteiger partial charge < -0.3 is 5.32 Å². The summed E-state index contributed by atoms with van der Waals surface area (Å²) in [6.45, 7) is 0. The first kappa shape index (κ1) is 14.4. The first-order chi connectivity index (χ1) is 9.49. The van der Waals surface area contributed by atoms with Gasteiger partial charge in [-0.25, -0.2) is 4.98 Å². The molecule has 6 nitrogen and oxygen atoms in total. The molecule has 0 atom stereocenters. The third kappa shape index (κ3) is 3.12.